The molecule has 0 saturated heterocycles. The van der Waals surface area contributed by atoms with Gasteiger partial charge >= 0.3 is 0 Å². The SMILES string of the molecule is COc1ccccc1[C@H](C)NCc1c(C)cc(C)cc1C. The van der Waals surface area contributed by atoms with Crippen LogP contribution in [0, 0.1) is 20.8 Å². The van der Waals surface area contributed by atoms with Crippen molar-refractivity contribution in [2.75, 3.05) is 7.11 Å². The first-order valence-electron chi connectivity index (χ1n) is 7.46. The number of ether oxygens (including phenoxy) is 1. The van der Waals surface area contributed by atoms with Crippen LogP contribution in [0.2, 0.25) is 0 Å². The molecule has 0 spiro atoms. The Morgan fingerprint density at radius 3 is 2.29 bits per heavy atom. The molecule has 0 saturated carbocycles. The Bertz CT molecular complexity index is 596. The van der Waals surface area contributed by atoms with Crippen LogP contribution < -0.4 is 10.1 Å². The van der Waals surface area contributed by atoms with E-state index in [2.05, 4.69) is 57.3 Å². The molecule has 1 atom stereocenters. The molecule has 1 N–H and O–H groups in total. The zero-order valence-electron chi connectivity index (χ0n) is 13.7. The minimum atomic E-state index is 0.251. The molecule has 0 unspecified atom stereocenters. The molecule has 0 aliphatic carbocycles. The van der Waals surface area contributed by atoms with Crippen molar-refractivity contribution in [1.29, 1.82) is 0 Å². The molecule has 0 amide bonds. The number of benzene rings is 2. The van der Waals surface area contributed by atoms with Crippen molar-refractivity contribution in [3.8, 4) is 5.75 Å². The molecule has 0 bridgehead atoms. The third kappa shape index (κ3) is 3.64. The number of aryl methyl sites for hydroxylation is 3. The fraction of sp³-hybridized carbons (Fsp3) is 0.368. The summed E-state index contributed by atoms with van der Waals surface area (Å²) in [5, 5.41) is 3.61. The lowest BCUT2D eigenvalue weighted by Crippen LogP contribution is -2.20. The number of para-hydroxylation sites is 1. The Hall–Kier alpha value is -1.80. The van der Waals surface area contributed by atoms with Crippen molar-refractivity contribution in [2.24, 2.45) is 0 Å². The van der Waals surface area contributed by atoms with E-state index in [9.17, 15) is 0 Å². The number of hydrogen-bond acceptors (Lipinski definition) is 2. The van der Waals surface area contributed by atoms with Gasteiger partial charge < -0.3 is 10.1 Å². The number of hydrogen-bond donors (Lipinski definition) is 1. The maximum atomic E-state index is 5.44. The summed E-state index contributed by atoms with van der Waals surface area (Å²) in [6.45, 7) is 9.57. The molecule has 2 rings (SSSR count). The summed E-state index contributed by atoms with van der Waals surface area (Å²) < 4.78 is 5.44. The van der Waals surface area contributed by atoms with Gasteiger partial charge in [-0.2, -0.15) is 0 Å². The van der Waals surface area contributed by atoms with Crippen molar-refractivity contribution < 1.29 is 4.74 Å². The minimum absolute atomic E-state index is 0.251. The Kier molecular flexibility index (Phi) is 5.03. The van der Waals surface area contributed by atoms with Crippen molar-refractivity contribution in [2.45, 2.75) is 40.3 Å². The zero-order valence-corrected chi connectivity index (χ0v) is 13.7. The molecule has 2 heteroatoms. The van der Waals surface area contributed by atoms with E-state index in [1.807, 2.05) is 12.1 Å². The van der Waals surface area contributed by atoms with E-state index in [1.165, 1.54) is 27.8 Å². The lowest BCUT2D eigenvalue weighted by molar-refractivity contribution is 0.401. The molecular weight excluding hydrogens is 258 g/mol. The first-order valence-corrected chi connectivity index (χ1v) is 7.46. The molecule has 0 fully saturated rings. The molecule has 2 aromatic carbocycles. The smallest absolute Gasteiger partial charge is 0.123 e. The Morgan fingerprint density at radius 1 is 1.05 bits per heavy atom. The van der Waals surface area contributed by atoms with Gasteiger partial charge in [-0.25, -0.2) is 0 Å². The summed E-state index contributed by atoms with van der Waals surface area (Å²) in [5.74, 6) is 0.940. The number of rotatable bonds is 5. The largest absolute Gasteiger partial charge is 0.496 e. The highest BCUT2D eigenvalue weighted by atomic mass is 16.5. The van der Waals surface area contributed by atoms with Gasteiger partial charge in [0, 0.05) is 18.2 Å². The van der Waals surface area contributed by atoms with Gasteiger partial charge in [0.2, 0.25) is 0 Å². The maximum Gasteiger partial charge on any atom is 0.123 e. The van der Waals surface area contributed by atoms with E-state index < -0.39 is 0 Å². The summed E-state index contributed by atoms with van der Waals surface area (Å²) in [7, 11) is 1.72. The Labute approximate surface area is 128 Å². The molecule has 0 aromatic heterocycles. The van der Waals surface area contributed by atoms with Gasteiger partial charge in [0.1, 0.15) is 5.75 Å². The molecule has 0 aliphatic heterocycles. The molecular formula is C19H25NO. The van der Waals surface area contributed by atoms with E-state index >= 15 is 0 Å². The summed E-state index contributed by atoms with van der Waals surface area (Å²) in [6, 6.07) is 12.9. The second-order valence-corrected chi connectivity index (χ2v) is 5.72. The second kappa shape index (κ2) is 6.77. The van der Waals surface area contributed by atoms with E-state index in [0.717, 1.165) is 12.3 Å². The molecule has 0 aliphatic rings. The third-order valence-corrected chi connectivity index (χ3v) is 4.03. The van der Waals surface area contributed by atoms with Crippen LogP contribution in [0.4, 0.5) is 0 Å². The summed E-state index contributed by atoms with van der Waals surface area (Å²) in [4.78, 5) is 0. The van der Waals surface area contributed by atoms with Gasteiger partial charge in [-0.15, -0.1) is 0 Å². The highest BCUT2D eigenvalue weighted by molar-refractivity contribution is 5.38. The minimum Gasteiger partial charge on any atom is -0.496 e. The third-order valence-electron chi connectivity index (χ3n) is 4.03. The first kappa shape index (κ1) is 15.6. The molecule has 2 aromatic rings. The van der Waals surface area contributed by atoms with Crippen LogP contribution in [0.25, 0.3) is 0 Å². The fourth-order valence-electron chi connectivity index (χ4n) is 2.88. The quantitative estimate of drug-likeness (QED) is 0.874. The van der Waals surface area contributed by atoms with Crippen LogP contribution in [0.1, 0.15) is 40.8 Å². The normalized spacial score (nSPS) is 12.2. The average molecular weight is 283 g/mol. The van der Waals surface area contributed by atoms with Crippen LogP contribution in [0.15, 0.2) is 36.4 Å². The average Bonchev–Trinajstić information content (AvgIpc) is 2.45. The summed E-state index contributed by atoms with van der Waals surface area (Å²) in [5.41, 5.74) is 6.62. The predicted molar refractivity (Wildman–Crippen MR) is 88.9 cm³/mol. The Morgan fingerprint density at radius 2 is 1.67 bits per heavy atom. The van der Waals surface area contributed by atoms with Crippen LogP contribution >= 0.6 is 0 Å². The predicted octanol–water partition coefficient (Wildman–Crippen LogP) is 4.47. The highest BCUT2D eigenvalue weighted by Gasteiger charge is 2.11. The van der Waals surface area contributed by atoms with Gasteiger partial charge in [-0.3, -0.25) is 0 Å². The lowest BCUT2D eigenvalue weighted by atomic mass is 9.99. The van der Waals surface area contributed by atoms with Crippen molar-refractivity contribution in [1.82, 2.24) is 5.32 Å². The number of methoxy groups -OCH3 is 1. The highest BCUT2D eigenvalue weighted by Crippen LogP contribution is 2.25. The van der Waals surface area contributed by atoms with Crippen LogP contribution in [-0.4, -0.2) is 7.11 Å². The zero-order chi connectivity index (χ0) is 15.4. The topological polar surface area (TPSA) is 21.3 Å². The molecule has 112 valence electrons. The molecule has 2 nitrogen and oxygen atoms in total. The standard InChI is InChI=1S/C19H25NO/c1-13-10-14(2)18(15(3)11-13)12-20-16(4)17-8-6-7-9-19(17)21-5/h6-11,16,20H,12H2,1-5H3/t16-/m0/s1. The number of nitrogens with one attached hydrogen (secondary N) is 1. The van der Waals surface area contributed by atoms with Crippen LogP contribution in [0.5, 0.6) is 5.75 Å². The van der Waals surface area contributed by atoms with Crippen molar-refractivity contribution in [3.63, 3.8) is 0 Å². The monoisotopic (exact) mass is 283 g/mol. The van der Waals surface area contributed by atoms with E-state index in [4.69, 9.17) is 4.74 Å². The van der Waals surface area contributed by atoms with Crippen molar-refractivity contribution >= 4 is 0 Å². The molecule has 21 heavy (non-hydrogen) atoms. The van der Waals surface area contributed by atoms with Gasteiger partial charge in [-0.05, 0) is 50.5 Å². The first-order chi connectivity index (χ1) is 10.0. The van der Waals surface area contributed by atoms with E-state index in [0.29, 0.717) is 0 Å². The van der Waals surface area contributed by atoms with E-state index in [-0.39, 0.29) is 6.04 Å². The van der Waals surface area contributed by atoms with Crippen LogP contribution in [0.3, 0.4) is 0 Å². The maximum absolute atomic E-state index is 5.44. The van der Waals surface area contributed by atoms with E-state index in [1.54, 1.807) is 7.11 Å². The van der Waals surface area contributed by atoms with Gasteiger partial charge in [0.05, 0.1) is 7.11 Å². The fourth-order valence-corrected chi connectivity index (χ4v) is 2.88. The second-order valence-electron chi connectivity index (χ2n) is 5.72. The van der Waals surface area contributed by atoms with Crippen LogP contribution in [-0.2, 0) is 6.54 Å². The van der Waals surface area contributed by atoms with Gasteiger partial charge in [0.25, 0.3) is 0 Å². The lowest BCUT2D eigenvalue weighted by Gasteiger charge is -2.19. The van der Waals surface area contributed by atoms with Gasteiger partial charge in [0.15, 0.2) is 0 Å². The molecule has 0 radical (unpaired) electrons. The van der Waals surface area contributed by atoms with Gasteiger partial charge in [-0.1, -0.05) is 35.9 Å². The van der Waals surface area contributed by atoms with Crippen molar-refractivity contribution in [3.05, 3.63) is 64.2 Å². The summed E-state index contributed by atoms with van der Waals surface area (Å²) in [6.07, 6.45) is 0. The molecule has 0 heterocycles. The summed E-state index contributed by atoms with van der Waals surface area (Å²) >= 11 is 0. The Balaban J connectivity index is 2.13.